The average molecular weight is 390 g/mol. The summed E-state index contributed by atoms with van der Waals surface area (Å²) >= 11 is 2.97. The van der Waals surface area contributed by atoms with Gasteiger partial charge in [0.15, 0.2) is 5.82 Å². The van der Waals surface area contributed by atoms with E-state index >= 15 is 0 Å². The van der Waals surface area contributed by atoms with E-state index in [1.807, 2.05) is 13.8 Å². The summed E-state index contributed by atoms with van der Waals surface area (Å²) in [5.41, 5.74) is 5.54. The summed E-state index contributed by atoms with van der Waals surface area (Å²) in [6, 6.07) is 3.75. The van der Waals surface area contributed by atoms with Gasteiger partial charge in [-0.2, -0.15) is 0 Å². The van der Waals surface area contributed by atoms with Gasteiger partial charge in [-0.25, -0.2) is 17.5 Å². The third kappa shape index (κ3) is 5.29. The summed E-state index contributed by atoms with van der Waals surface area (Å²) in [6.45, 7) is 4.11. The van der Waals surface area contributed by atoms with Gasteiger partial charge in [0, 0.05) is 12.6 Å². The van der Waals surface area contributed by atoms with Crippen molar-refractivity contribution < 1.29 is 12.8 Å². The molecule has 0 fully saturated rings. The second-order valence-electron chi connectivity index (χ2n) is 4.74. The standard InChI is InChI=1S/C12H18BrFN2O2S.ClH/c1-8(2)6-9(7-15)16-19(17,18)11-5-3-4-10(13)12(11)14;/h3-5,8-9,16H,6-7,15H2,1-2H3;1H. The smallest absolute Gasteiger partial charge is 0.243 e. The maximum atomic E-state index is 13.8. The Morgan fingerprint density at radius 3 is 2.50 bits per heavy atom. The average Bonchev–Trinajstić information content (AvgIpc) is 2.30. The van der Waals surface area contributed by atoms with Gasteiger partial charge in [0.05, 0.1) is 4.47 Å². The van der Waals surface area contributed by atoms with Gasteiger partial charge in [-0.05, 0) is 40.4 Å². The Kier molecular flexibility index (Phi) is 8.20. The summed E-state index contributed by atoms with van der Waals surface area (Å²) in [5, 5.41) is 0. The van der Waals surface area contributed by atoms with Crippen molar-refractivity contribution in [2.75, 3.05) is 6.54 Å². The quantitative estimate of drug-likeness (QED) is 0.785. The molecule has 0 saturated carbocycles. The lowest BCUT2D eigenvalue weighted by atomic mass is 10.1. The van der Waals surface area contributed by atoms with Crippen molar-refractivity contribution in [1.29, 1.82) is 0 Å². The third-order valence-electron chi connectivity index (χ3n) is 2.57. The van der Waals surface area contributed by atoms with Crippen LogP contribution in [0.1, 0.15) is 20.3 Å². The Bertz CT molecular complexity index is 540. The van der Waals surface area contributed by atoms with Crippen LogP contribution in [0.3, 0.4) is 0 Å². The molecular weight excluding hydrogens is 371 g/mol. The summed E-state index contributed by atoms with van der Waals surface area (Å²) in [7, 11) is -3.91. The van der Waals surface area contributed by atoms with Crippen LogP contribution in [0, 0.1) is 11.7 Å². The molecule has 8 heteroatoms. The van der Waals surface area contributed by atoms with Crippen molar-refractivity contribution in [2.45, 2.75) is 31.2 Å². The van der Waals surface area contributed by atoms with Crippen LogP contribution in [0.15, 0.2) is 27.6 Å². The first kappa shape index (κ1) is 19.8. The van der Waals surface area contributed by atoms with E-state index in [0.717, 1.165) is 0 Å². The van der Waals surface area contributed by atoms with Gasteiger partial charge in [-0.15, -0.1) is 12.4 Å². The van der Waals surface area contributed by atoms with Gasteiger partial charge in [0.2, 0.25) is 10.0 Å². The van der Waals surface area contributed by atoms with Crippen LogP contribution in [0.4, 0.5) is 4.39 Å². The number of hydrogen-bond acceptors (Lipinski definition) is 3. The number of hydrogen-bond donors (Lipinski definition) is 2. The van der Waals surface area contributed by atoms with E-state index in [2.05, 4.69) is 20.7 Å². The number of nitrogens with two attached hydrogens (primary N) is 1. The Hall–Kier alpha value is -0.210. The monoisotopic (exact) mass is 388 g/mol. The van der Waals surface area contributed by atoms with Crippen LogP contribution in [-0.4, -0.2) is 21.0 Å². The van der Waals surface area contributed by atoms with E-state index in [4.69, 9.17) is 5.73 Å². The second-order valence-corrected chi connectivity index (χ2v) is 7.27. The fourth-order valence-electron chi connectivity index (χ4n) is 1.74. The van der Waals surface area contributed by atoms with Crippen LogP contribution in [0.2, 0.25) is 0 Å². The number of halogens is 3. The van der Waals surface area contributed by atoms with Crippen molar-refractivity contribution >= 4 is 38.4 Å². The summed E-state index contributed by atoms with van der Waals surface area (Å²) in [5.74, 6) is -0.501. The zero-order valence-corrected chi connectivity index (χ0v) is 14.5. The van der Waals surface area contributed by atoms with Crippen LogP contribution in [0.5, 0.6) is 0 Å². The maximum Gasteiger partial charge on any atom is 0.243 e. The molecule has 1 atom stereocenters. The lowest BCUT2D eigenvalue weighted by Gasteiger charge is -2.19. The molecule has 3 N–H and O–H groups in total. The molecule has 0 radical (unpaired) electrons. The molecule has 0 aliphatic heterocycles. The minimum Gasteiger partial charge on any atom is -0.329 e. The molecule has 1 aromatic carbocycles. The number of rotatable bonds is 6. The first-order valence-corrected chi connectivity index (χ1v) is 8.22. The highest BCUT2D eigenvalue weighted by Gasteiger charge is 2.24. The van der Waals surface area contributed by atoms with Gasteiger partial charge < -0.3 is 5.73 Å². The highest BCUT2D eigenvalue weighted by molar-refractivity contribution is 9.10. The van der Waals surface area contributed by atoms with Crippen LogP contribution >= 0.6 is 28.3 Å². The molecule has 0 saturated heterocycles. The number of sulfonamides is 1. The van der Waals surface area contributed by atoms with E-state index in [0.29, 0.717) is 12.3 Å². The lowest BCUT2D eigenvalue weighted by molar-refractivity contribution is 0.463. The minimum absolute atomic E-state index is 0. The zero-order chi connectivity index (χ0) is 14.6. The van der Waals surface area contributed by atoms with E-state index in [1.54, 1.807) is 0 Å². The maximum absolute atomic E-state index is 13.8. The molecule has 0 aliphatic rings. The summed E-state index contributed by atoms with van der Waals surface area (Å²) in [6.07, 6.45) is 0.603. The minimum atomic E-state index is -3.91. The van der Waals surface area contributed by atoms with E-state index in [-0.39, 0.29) is 28.3 Å². The fraction of sp³-hybridized carbons (Fsp3) is 0.500. The van der Waals surface area contributed by atoms with Crippen LogP contribution < -0.4 is 10.5 Å². The van der Waals surface area contributed by atoms with E-state index in [1.165, 1.54) is 18.2 Å². The number of benzene rings is 1. The van der Waals surface area contributed by atoms with Crippen molar-refractivity contribution in [3.8, 4) is 0 Å². The largest absolute Gasteiger partial charge is 0.329 e. The molecule has 0 bridgehead atoms. The van der Waals surface area contributed by atoms with Gasteiger partial charge in [-0.1, -0.05) is 19.9 Å². The molecule has 0 spiro atoms. The summed E-state index contributed by atoms with van der Waals surface area (Å²) < 4.78 is 40.6. The molecule has 1 aromatic rings. The van der Waals surface area contributed by atoms with Gasteiger partial charge in [0.1, 0.15) is 4.90 Å². The van der Waals surface area contributed by atoms with Gasteiger partial charge in [0.25, 0.3) is 0 Å². The first-order chi connectivity index (χ1) is 8.77. The predicted octanol–water partition coefficient (Wildman–Crippen LogP) is 2.66. The molecular formula is C12H19BrClFN2O2S. The highest BCUT2D eigenvalue weighted by Crippen LogP contribution is 2.22. The Morgan fingerprint density at radius 2 is 2.00 bits per heavy atom. The van der Waals surface area contributed by atoms with E-state index in [9.17, 15) is 12.8 Å². The number of nitrogens with one attached hydrogen (secondary N) is 1. The Morgan fingerprint density at radius 1 is 1.40 bits per heavy atom. The van der Waals surface area contributed by atoms with Crippen LogP contribution in [-0.2, 0) is 10.0 Å². The van der Waals surface area contributed by atoms with Crippen molar-refractivity contribution in [2.24, 2.45) is 11.7 Å². The normalized spacial score (nSPS) is 13.1. The van der Waals surface area contributed by atoms with Crippen molar-refractivity contribution in [3.05, 3.63) is 28.5 Å². The highest BCUT2D eigenvalue weighted by atomic mass is 79.9. The Balaban J connectivity index is 0.00000361. The first-order valence-electron chi connectivity index (χ1n) is 5.94. The predicted molar refractivity (Wildman–Crippen MR) is 84.0 cm³/mol. The topological polar surface area (TPSA) is 72.2 Å². The van der Waals surface area contributed by atoms with E-state index < -0.39 is 21.9 Å². The van der Waals surface area contributed by atoms with Gasteiger partial charge >= 0.3 is 0 Å². The fourth-order valence-corrected chi connectivity index (χ4v) is 3.60. The molecule has 4 nitrogen and oxygen atoms in total. The SMILES string of the molecule is CC(C)CC(CN)NS(=O)(=O)c1cccc(Br)c1F.Cl. The molecule has 1 unspecified atom stereocenters. The zero-order valence-electron chi connectivity index (χ0n) is 11.3. The van der Waals surface area contributed by atoms with Crippen molar-refractivity contribution in [1.82, 2.24) is 4.72 Å². The molecule has 116 valence electrons. The lowest BCUT2D eigenvalue weighted by Crippen LogP contribution is -2.41. The van der Waals surface area contributed by atoms with Crippen LogP contribution in [0.25, 0.3) is 0 Å². The molecule has 0 amide bonds. The van der Waals surface area contributed by atoms with Gasteiger partial charge in [-0.3, -0.25) is 0 Å². The summed E-state index contributed by atoms with van der Waals surface area (Å²) in [4.78, 5) is -0.371. The Labute approximate surface area is 133 Å². The molecule has 0 aliphatic carbocycles. The second kappa shape index (κ2) is 8.29. The molecule has 1 rings (SSSR count). The van der Waals surface area contributed by atoms with Crippen molar-refractivity contribution in [3.63, 3.8) is 0 Å². The molecule has 20 heavy (non-hydrogen) atoms. The molecule has 0 heterocycles. The third-order valence-corrected chi connectivity index (χ3v) is 4.72. The molecule has 0 aromatic heterocycles.